The second-order valence-corrected chi connectivity index (χ2v) is 13.2. The van der Waals surface area contributed by atoms with Gasteiger partial charge in [0, 0.05) is 14.2 Å². The van der Waals surface area contributed by atoms with E-state index in [0.717, 1.165) is 14.2 Å². The summed E-state index contributed by atoms with van der Waals surface area (Å²) in [6.45, 7) is 0. The standard InChI is InChI=1S/2C2H7ClO6P2.3Mg/c2*1-9-11(7,8)2(3)10(4,5)6;;;/h2*2H,1H3,(H,7,8)(H2,4,5,6);;;/q;;3*+2/p-6. The van der Waals surface area contributed by atoms with E-state index in [1.165, 1.54) is 0 Å². The van der Waals surface area contributed by atoms with Crippen LogP contribution in [0.15, 0.2) is 0 Å². The third-order valence-electron chi connectivity index (χ3n) is 1.55. The normalized spacial score (nSPS) is 18.3. The van der Waals surface area contributed by atoms with E-state index >= 15 is 0 Å². The molecule has 0 aliphatic carbocycles. The molecule has 136 valence electrons. The average Bonchev–Trinajstić information content (AvgIpc) is 2.35. The fourth-order valence-corrected chi connectivity index (χ4v) is 4.68. The second kappa shape index (κ2) is 15.3. The molecule has 4 atom stereocenters. The van der Waals surface area contributed by atoms with E-state index in [4.69, 9.17) is 23.2 Å². The van der Waals surface area contributed by atoms with Gasteiger partial charge in [-0.25, -0.2) is 0 Å². The number of rotatable bonds is 6. The van der Waals surface area contributed by atoms with Crippen molar-refractivity contribution in [2.24, 2.45) is 0 Å². The minimum atomic E-state index is -5.33. The first kappa shape index (κ1) is 39.0. The summed E-state index contributed by atoms with van der Waals surface area (Å²) in [4.78, 5) is 55.9. The molecule has 0 saturated carbocycles. The second-order valence-electron chi connectivity index (χ2n) is 3.15. The summed E-state index contributed by atoms with van der Waals surface area (Å²) in [6.07, 6.45) is 0. The van der Waals surface area contributed by atoms with Crippen LogP contribution in [0.25, 0.3) is 0 Å². The molecule has 0 radical (unpaired) electrons. The average molecular weight is 516 g/mol. The third kappa shape index (κ3) is 15.9. The van der Waals surface area contributed by atoms with Crippen molar-refractivity contribution < 1.29 is 56.7 Å². The van der Waals surface area contributed by atoms with E-state index in [1.807, 2.05) is 0 Å². The molecule has 0 aliphatic rings. The molecular formula is C4H8Cl2Mg3O12P4. The summed E-state index contributed by atoms with van der Waals surface area (Å²) in [5, 5.41) is 0. The topological polar surface area (TPSA) is 225 Å². The van der Waals surface area contributed by atoms with Crippen molar-refractivity contribution in [1.82, 2.24) is 0 Å². The summed E-state index contributed by atoms with van der Waals surface area (Å²) >= 11 is 9.52. The van der Waals surface area contributed by atoms with Crippen LogP contribution in [0.4, 0.5) is 0 Å². The summed E-state index contributed by atoms with van der Waals surface area (Å²) in [5.74, 6) is 0. The van der Waals surface area contributed by atoms with Crippen molar-refractivity contribution in [3.05, 3.63) is 0 Å². The van der Waals surface area contributed by atoms with Crippen LogP contribution in [0.1, 0.15) is 0 Å². The third-order valence-corrected chi connectivity index (χ3v) is 10.9. The molecule has 25 heavy (non-hydrogen) atoms. The number of hydrogen-bond donors (Lipinski definition) is 0. The zero-order valence-electron chi connectivity index (χ0n) is 12.7. The van der Waals surface area contributed by atoms with E-state index in [0.29, 0.717) is 0 Å². The largest absolute Gasteiger partial charge is 2.00 e. The van der Waals surface area contributed by atoms with E-state index in [-0.39, 0.29) is 69.2 Å². The van der Waals surface area contributed by atoms with Crippen molar-refractivity contribution in [3.8, 4) is 0 Å². The van der Waals surface area contributed by atoms with Gasteiger partial charge in [0.25, 0.3) is 0 Å². The van der Waals surface area contributed by atoms with Gasteiger partial charge in [-0.3, -0.25) is 0 Å². The van der Waals surface area contributed by atoms with Crippen molar-refractivity contribution in [1.29, 1.82) is 0 Å². The van der Waals surface area contributed by atoms with Crippen LogP contribution in [0.3, 0.4) is 0 Å². The fraction of sp³-hybridized carbons (Fsp3) is 1.00. The Bertz CT molecular complexity index is 502. The smallest absolute Gasteiger partial charge is 0.809 e. The Morgan fingerprint density at radius 2 is 0.800 bits per heavy atom. The maximum Gasteiger partial charge on any atom is 2.00 e. The van der Waals surface area contributed by atoms with Crippen LogP contribution < -0.4 is 29.4 Å². The first-order chi connectivity index (χ1) is 9.43. The maximum absolute atomic E-state index is 10.4. The first-order valence-corrected chi connectivity index (χ1v) is 11.8. The van der Waals surface area contributed by atoms with E-state index < -0.39 is 40.1 Å². The molecule has 0 spiro atoms. The van der Waals surface area contributed by atoms with Crippen LogP contribution in [-0.2, 0) is 27.3 Å². The van der Waals surface area contributed by atoms with Crippen LogP contribution >= 0.6 is 53.6 Å². The van der Waals surface area contributed by atoms with Gasteiger partial charge in [-0.05, 0) is 15.2 Å². The Kier molecular flexibility index (Phi) is 23.9. The molecule has 4 unspecified atom stereocenters. The molecule has 0 amide bonds. The Labute approximate surface area is 201 Å². The monoisotopic (exact) mass is 514 g/mol. The summed E-state index contributed by atoms with van der Waals surface area (Å²) in [5.41, 5.74) is 0. The van der Waals surface area contributed by atoms with Gasteiger partial charge in [0.05, 0.1) is 0 Å². The Morgan fingerprint density at radius 3 is 0.840 bits per heavy atom. The van der Waals surface area contributed by atoms with E-state index in [9.17, 15) is 47.6 Å². The Balaban J connectivity index is -0.0000000952. The van der Waals surface area contributed by atoms with Gasteiger partial charge in [-0.2, -0.15) is 0 Å². The van der Waals surface area contributed by atoms with Crippen molar-refractivity contribution in [2.75, 3.05) is 14.2 Å². The zero-order chi connectivity index (χ0) is 18.6. The molecule has 0 bridgehead atoms. The molecule has 0 fully saturated rings. The minimum Gasteiger partial charge on any atom is -0.809 e. The van der Waals surface area contributed by atoms with Gasteiger partial charge in [-0.15, -0.1) is 23.2 Å². The number of alkyl halides is 2. The fourth-order valence-electron chi connectivity index (χ4n) is 0.520. The molecule has 0 rings (SSSR count). The molecule has 0 heterocycles. The van der Waals surface area contributed by atoms with Gasteiger partial charge in [0.15, 0.2) is 15.2 Å². The van der Waals surface area contributed by atoms with Gasteiger partial charge in [-0.1, -0.05) is 0 Å². The summed E-state index contributed by atoms with van der Waals surface area (Å²) < 4.78 is 48.4. The van der Waals surface area contributed by atoms with Crippen LogP contribution in [-0.4, -0.2) is 93.1 Å². The molecule has 0 saturated heterocycles. The van der Waals surface area contributed by atoms with Crippen molar-refractivity contribution >= 4 is 123 Å². The first-order valence-electron chi connectivity index (χ1n) is 4.48. The number of halogens is 2. The van der Waals surface area contributed by atoms with Gasteiger partial charge in [0.1, 0.15) is 9.72 Å². The van der Waals surface area contributed by atoms with Gasteiger partial charge >= 0.3 is 69.2 Å². The molecular weight excluding hydrogens is 508 g/mol. The van der Waals surface area contributed by atoms with Crippen LogP contribution in [0.5, 0.6) is 0 Å². The molecule has 0 aromatic rings. The molecule has 0 aromatic carbocycles. The summed E-state index contributed by atoms with van der Waals surface area (Å²) in [7, 11) is -18.7. The van der Waals surface area contributed by atoms with Crippen LogP contribution in [0.2, 0.25) is 0 Å². The predicted octanol–water partition coefficient (Wildman–Crippen LogP) is -3.90. The Morgan fingerprint density at radius 1 is 0.640 bits per heavy atom. The predicted molar refractivity (Wildman–Crippen MR) is 81.0 cm³/mol. The molecule has 21 heteroatoms. The molecule has 0 N–H and O–H groups in total. The SMILES string of the molecule is COP(=O)([O-])C(Cl)P(=O)([O-])[O-].COP(=O)([O-])C(Cl)P(=O)([O-])[O-].[Mg+2].[Mg+2].[Mg+2]. The minimum absolute atomic E-state index is 0. The van der Waals surface area contributed by atoms with Gasteiger partial charge in [0.2, 0.25) is 0 Å². The van der Waals surface area contributed by atoms with E-state index in [2.05, 4.69) is 9.05 Å². The van der Waals surface area contributed by atoms with Crippen molar-refractivity contribution in [3.63, 3.8) is 0 Å². The van der Waals surface area contributed by atoms with Crippen molar-refractivity contribution in [2.45, 2.75) is 9.72 Å². The van der Waals surface area contributed by atoms with Crippen LogP contribution in [0, 0.1) is 0 Å². The molecule has 12 nitrogen and oxygen atoms in total. The van der Waals surface area contributed by atoms with E-state index in [1.54, 1.807) is 0 Å². The van der Waals surface area contributed by atoms with Gasteiger partial charge < -0.3 is 56.7 Å². The maximum atomic E-state index is 10.4. The quantitative estimate of drug-likeness (QED) is 0.188. The molecule has 0 aromatic heterocycles. The zero-order valence-corrected chi connectivity index (χ0v) is 22.1. The number of hydrogen-bond acceptors (Lipinski definition) is 12. The Hall–Kier alpha value is 3.48. The molecule has 0 aliphatic heterocycles. The summed E-state index contributed by atoms with van der Waals surface area (Å²) in [6, 6.07) is 0.